The Balaban J connectivity index is 2.88. The molecule has 1 aromatic rings. The maximum absolute atomic E-state index is 11.8. The van der Waals surface area contributed by atoms with E-state index in [9.17, 15) is 9.59 Å². The third-order valence-electron chi connectivity index (χ3n) is 2.38. The Hall–Kier alpha value is -1.35. The van der Waals surface area contributed by atoms with Gasteiger partial charge in [-0.25, -0.2) is 0 Å². The van der Waals surface area contributed by atoms with Crippen molar-refractivity contribution in [1.82, 2.24) is 0 Å². The lowest BCUT2D eigenvalue weighted by Crippen LogP contribution is -2.15. The second-order valence-corrected chi connectivity index (χ2v) is 4.23. The van der Waals surface area contributed by atoms with Crippen molar-refractivity contribution < 1.29 is 14.7 Å². The zero-order valence-electron chi connectivity index (χ0n) is 9.16. The molecule has 0 fully saturated rings. The number of carbonyl (C=O) groups excluding carboxylic acids is 1. The Morgan fingerprint density at radius 2 is 2.06 bits per heavy atom. The maximum atomic E-state index is 11.8. The molecule has 0 saturated heterocycles. The predicted octanol–water partition coefficient (Wildman–Crippen LogP) is 2.94. The van der Waals surface area contributed by atoms with Crippen LogP contribution in [0.3, 0.4) is 0 Å². The monoisotopic (exact) mass is 240 g/mol. The zero-order chi connectivity index (χ0) is 12.3. The van der Waals surface area contributed by atoms with Gasteiger partial charge in [-0.3, -0.25) is 9.59 Å². The minimum Gasteiger partial charge on any atom is -0.481 e. The fourth-order valence-corrected chi connectivity index (χ4v) is 1.57. The first-order valence-corrected chi connectivity index (χ1v) is 5.31. The molecule has 0 spiro atoms. The largest absolute Gasteiger partial charge is 0.481 e. The van der Waals surface area contributed by atoms with Crippen molar-refractivity contribution in [3.05, 3.63) is 34.3 Å². The summed E-state index contributed by atoms with van der Waals surface area (Å²) in [5.74, 6) is -1.69. The minimum atomic E-state index is -0.973. The average molecular weight is 241 g/mol. The third-order valence-corrected chi connectivity index (χ3v) is 2.79. The number of rotatable bonds is 4. The number of carboxylic acids is 1. The Bertz CT molecular complexity index is 426. The van der Waals surface area contributed by atoms with Crippen LogP contribution in [0.25, 0.3) is 0 Å². The number of carbonyl (C=O) groups is 2. The minimum absolute atomic E-state index is 0.162. The van der Waals surface area contributed by atoms with E-state index in [1.54, 1.807) is 25.1 Å². The summed E-state index contributed by atoms with van der Waals surface area (Å²) in [5.41, 5.74) is 1.36. The molecule has 0 aliphatic heterocycles. The van der Waals surface area contributed by atoms with Crippen LogP contribution in [0.2, 0.25) is 5.02 Å². The van der Waals surface area contributed by atoms with Crippen LogP contribution in [0, 0.1) is 12.8 Å². The molecule has 86 valence electrons. The van der Waals surface area contributed by atoms with Gasteiger partial charge in [0.25, 0.3) is 0 Å². The standard InChI is InChI=1S/C12H13ClO3/c1-7-3-4-9(6-10(7)13)12(16)8(2)5-11(14)15/h3-4,6,8H,5H2,1-2H3,(H,14,15). The summed E-state index contributed by atoms with van der Waals surface area (Å²) < 4.78 is 0. The summed E-state index contributed by atoms with van der Waals surface area (Å²) in [4.78, 5) is 22.3. The molecule has 1 unspecified atom stereocenters. The van der Waals surface area contributed by atoms with Crippen LogP contribution in [-0.4, -0.2) is 16.9 Å². The van der Waals surface area contributed by atoms with Crippen molar-refractivity contribution in [3.63, 3.8) is 0 Å². The molecule has 0 bridgehead atoms. The molecule has 0 amide bonds. The Labute approximate surface area is 99.0 Å². The normalized spacial score (nSPS) is 12.2. The number of Topliss-reactive ketones (excluding diaryl/α,β-unsaturated/α-hetero) is 1. The van der Waals surface area contributed by atoms with E-state index in [0.29, 0.717) is 10.6 Å². The van der Waals surface area contributed by atoms with E-state index in [2.05, 4.69) is 0 Å². The fourth-order valence-electron chi connectivity index (χ4n) is 1.39. The predicted molar refractivity (Wildman–Crippen MR) is 61.9 cm³/mol. The Morgan fingerprint density at radius 1 is 1.44 bits per heavy atom. The average Bonchev–Trinajstić information content (AvgIpc) is 2.20. The number of benzene rings is 1. The highest BCUT2D eigenvalue weighted by molar-refractivity contribution is 6.31. The number of halogens is 1. The maximum Gasteiger partial charge on any atom is 0.304 e. The SMILES string of the molecule is Cc1ccc(C(=O)C(C)CC(=O)O)cc1Cl. The van der Waals surface area contributed by atoms with Gasteiger partial charge in [0.1, 0.15) is 0 Å². The van der Waals surface area contributed by atoms with Crippen LogP contribution >= 0.6 is 11.6 Å². The number of carboxylic acid groups (broad SMARTS) is 1. The summed E-state index contributed by atoms with van der Waals surface area (Å²) in [6, 6.07) is 5.00. The van der Waals surface area contributed by atoms with Crippen LogP contribution < -0.4 is 0 Å². The molecule has 0 aliphatic rings. The second-order valence-electron chi connectivity index (χ2n) is 3.83. The van der Waals surface area contributed by atoms with E-state index in [4.69, 9.17) is 16.7 Å². The molecule has 0 heterocycles. The molecule has 0 aromatic heterocycles. The van der Waals surface area contributed by atoms with Crippen LogP contribution in [-0.2, 0) is 4.79 Å². The Kier molecular flexibility index (Phi) is 4.07. The highest BCUT2D eigenvalue weighted by Crippen LogP contribution is 2.19. The van der Waals surface area contributed by atoms with Gasteiger partial charge in [-0.2, -0.15) is 0 Å². The number of ketones is 1. The lowest BCUT2D eigenvalue weighted by Gasteiger charge is -2.08. The highest BCUT2D eigenvalue weighted by Gasteiger charge is 2.18. The summed E-state index contributed by atoms with van der Waals surface area (Å²) in [7, 11) is 0. The smallest absolute Gasteiger partial charge is 0.304 e. The van der Waals surface area contributed by atoms with Crippen molar-refractivity contribution >= 4 is 23.4 Å². The summed E-state index contributed by atoms with van der Waals surface area (Å²) in [5, 5.41) is 9.12. The van der Waals surface area contributed by atoms with Gasteiger partial charge in [0, 0.05) is 16.5 Å². The Morgan fingerprint density at radius 3 is 2.56 bits per heavy atom. The van der Waals surface area contributed by atoms with Gasteiger partial charge >= 0.3 is 5.97 Å². The lowest BCUT2D eigenvalue weighted by molar-refractivity contribution is -0.137. The van der Waals surface area contributed by atoms with Gasteiger partial charge in [-0.1, -0.05) is 30.7 Å². The third kappa shape index (κ3) is 3.07. The quantitative estimate of drug-likeness (QED) is 0.824. The molecule has 0 saturated carbocycles. The molecule has 0 radical (unpaired) electrons. The van der Waals surface area contributed by atoms with Gasteiger partial charge in [0.2, 0.25) is 0 Å². The molecule has 1 N–H and O–H groups in total. The van der Waals surface area contributed by atoms with Crippen molar-refractivity contribution in [2.24, 2.45) is 5.92 Å². The number of aliphatic carboxylic acids is 1. The second kappa shape index (κ2) is 5.12. The first-order chi connectivity index (χ1) is 7.41. The van der Waals surface area contributed by atoms with Gasteiger partial charge in [-0.05, 0) is 18.6 Å². The first-order valence-electron chi connectivity index (χ1n) is 4.94. The van der Waals surface area contributed by atoms with Crippen molar-refractivity contribution in [2.75, 3.05) is 0 Å². The van der Waals surface area contributed by atoms with Crippen LogP contribution in [0.5, 0.6) is 0 Å². The molecular formula is C12H13ClO3. The van der Waals surface area contributed by atoms with Gasteiger partial charge in [0.15, 0.2) is 5.78 Å². The number of hydrogen-bond donors (Lipinski definition) is 1. The molecule has 4 heteroatoms. The van der Waals surface area contributed by atoms with E-state index in [1.165, 1.54) is 0 Å². The summed E-state index contributed by atoms with van der Waals surface area (Å²) in [6.07, 6.45) is -0.162. The summed E-state index contributed by atoms with van der Waals surface area (Å²) in [6.45, 7) is 3.45. The van der Waals surface area contributed by atoms with Crippen LogP contribution in [0.4, 0.5) is 0 Å². The van der Waals surface area contributed by atoms with Gasteiger partial charge < -0.3 is 5.11 Å². The van der Waals surface area contributed by atoms with E-state index in [1.807, 2.05) is 6.92 Å². The van der Waals surface area contributed by atoms with Crippen molar-refractivity contribution in [1.29, 1.82) is 0 Å². The molecular weight excluding hydrogens is 228 g/mol. The molecule has 0 aliphatic carbocycles. The molecule has 1 rings (SSSR count). The number of hydrogen-bond acceptors (Lipinski definition) is 2. The van der Waals surface area contributed by atoms with Crippen LogP contribution in [0.15, 0.2) is 18.2 Å². The summed E-state index contributed by atoms with van der Waals surface area (Å²) >= 11 is 5.90. The zero-order valence-corrected chi connectivity index (χ0v) is 9.91. The van der Waals surface area contributed by atoms with E-state index < -0.39 is 11.9 Å². The lowest BCUT2D eigenvalue weighted by atomic mass is 9.96. The molecule has 16 heavy (non-hydrogen) atoms. The molecule has 3 nitrogen and oxygen atoms in total. The van der Waals surface area contributed by atoms with Gasteiger partial charge in [-0.15, -0.1) is 0 Å². The molecule has 1 atom stereocenters. The number of aryl methyl sites for hydroxylation is 1. The van der Waals surface area contributed by atoms with E-state index in [0.717, 1.165) is 5.56 Å². The van der Waals surface area contributed by atoms with Crippen molar-refractivity contribution in [2.45, 2.75) is 20.3 Å². The van der Waals surface area contributed by atoms with Crippen LogP contribution in [0.1, 0.15) is 29.3 Å². The molecule has 1 aromatic carbocycles. The van der Waals surface area contributed by atoms with Crippen molar-refractivity contribution in [3.8, 4) is 0 Å². The topological polar surface area (TPSA) is 54.4 Å². The van der Waals surface area contributed by atoms with E-state index >= 15 is 0 Å². The first kappa shape index (κ1) is 12.7. The highest BCUT2D eigenvalue weighted by atomic mass is 35.5. The van der Waals surface area contributed by atoms with E-state index in [-0.39, 0.29) is 12.2 Å². The van der Waals surface area contributed by atoms with Gasteiger partial charge in [0.05, 0.1) is 6.42 Å². The fraction of sp³-hybridized carbons (Fsp3) is 0.333.